The van der Waals surface area contributed by atoms with Crippen molar-refractivity contribution in [2.45, 2.75) is 133 Å². The molecule has 1 fully saturated rings. The van der Waals surface area contributed by atoms with Crippen molar-refractivity contribution in [1.82, 2.24) is 14.6 Å². The fourth-order valence-electron chi connectivity index (χ4n) is 6.53. The van der Waals surface area contributed by atoms with Gasteiger partial charge >= 0.3 is 7.82 Å². The van der Waals surface area contributed by atoms with Crippen molar-refractivity contribution in [2.24, 2.45) is 0 Å². The minimum atomic E-state index is -4.72. The quantitative estimate of drug-likeness (QED) is 0.0477. The molecule has 0 amide bonds. The summed E-state index contributed by atoms with van der Waals surface area (Å²) < 4.78 is 42.3. The van der Waals surface area contributed by atoms with E-state index in [9.17, 15) is 24.9 Å². The van der Waals surface area contributed by atoms with Crippen LogP contribution in [0.2, 0.25) is 0 Å². The fourth-order valence-corrected chi connectivity index (χ4v) is 7.29. The molecule has 1 saturated heterocycles. The second-order valence-electron chi connectivity index (χ2n) is 13.7. The Bertz CT molecular complexity index is 1570. The first-order chi connectivity index (χ1) is 25.7. The average molecular weight is 760 g/mol. The summed E-state index contributed by atoms with van der Waals surface area (Å²) in [6.45, 7) is 1.89. The highest BCUT2D eigenvalue weighted by molar-refractivity contribution is 7.47. The lowest BCUT2D eigenvalue weighted by Gasteiger charge is -2.24. The highest BCUT2D eigenvalue weighted by Crippen LogP contribution is 2.46. The van der Waals surface area contributed by atoms with Crippen LogP contribution >= 0.6 is 7.82 Å². The molecule has 0 aliphatic carbocycles. The maximum Gasteiger partial charge on any atom is 0.472 e. The summed E-state index contributed by atoms with van der Waals surface area (Å²) in [5.74, 6) is 0.676. The van der Waals surface area contributed by atoms with Crippen LogP contribution < -0.4 is 10.5 Å². The number of phosphoric acid groups is 1. The van der Waals surface area contributed by atoms with Crippen LogP contribution in [0.3, 0.4) is 0 Å². The van der Waals surface area contributed by atoms with Crippen LogP contribution in [0, 0.1) is 11.3 Å². The number of fused-ring (bicyclic) bond motifs is 1. The van der Waals surface area contributed by atoms with Crippen molar-refractivity contribution >= 4 is 19.2 Å². The maximum atomic E-state index is 12.9. The van der Waals surface area contributed by atoms with Gasteiger partial charge in [-0.2, -0.15) is 10.4 Å². The van der Waals surface area contributed by atoms with E-state index < -0.39 is 44.4 Å². The van der Waals surface area contributed by atoms with Crippen molar-refractivity contribution in [3.8, 4) is 11.8 Å². The zero-order valence-electron chi connectivity index (χ0n) is 31.0. The van der Waals surface area contributed by atoms with Gasteiger partial charge in [-0.3, -0.25) is 9.05 Å². The van der Waals surface area contributed by atoms with Crippen LogP contribution in [-0.2, 0) is 28.7 Å². The second kappa shape index (κ2) is 22.3. The first-order valence-electron chi connectivity index (χ1n) is 19.2. The Kier molecular flexibility index (Phi) is 17.9. The smallest absolute Gasteiger partial charge is 0.472 e. The number of anilines is 1. The molecule has 2 aromatic heterocycles. The number of aliphatic hydroxyl groups excluding tert-OH is 2. The fraction of sp³-hybridized carbons (Fsp3) is 0.658. The summed E-state index contributed by atoms with van der Waals surface area (Å²) in [5.41, 5.74) is 4.27. The third kappa shape index (κ3) is 13.0. The molecule has 1 aliphatic heterocycles. The number of aliphatic hydroxyl groups is 2. The Morgan fingerprint density at radius 3 is 2.17 bits per heavy atom. The standard InChI is InChI=1S/C38H58N5O9P/c1-2-3-4-5-6-7-8-9-10-11-12-13-14-15-19-24-48-25-31(51-30-20-17-16-18-21-30)26-49-53(46,47)50-27-33-35(44)36(45)38(28-39,52-33)34-23-22-32-37(40)41-29-42-43(32)34/h16-18,20-23,29,31,33,35-36,44-45H,2-15,19,24-27H2,1H3,(H,46,47)(H2,40,41,42)/t31-,33+,35+,36+,38-/m0/s1. The molecule has 0 radical (unpaired) electrons. The molecule has 294 valence electrons. The largest absolute Gasteiger partial charge is 0.486 e. The highest BCUT2D eigenvalue weighted by Gasteiger charge is 2.58. The van der Waals surface area contributed by atoms with Gasteiger partial charge in [0, 0.05) is 6.61 Å². The first kappa shape index (κ1) is 42.6. The summed E-state index contributed by atoms with van der Waals surface area (Å²) in [5, 5.41) is 35.9. The number of hydrogen-bond donors (Lipinski definition) is 4. The van der Waals surface area contributed by atoms with Gasteiger partial charge in [-0.05, 0) is 30.7 Å². The molecule has 53 heavy (non-hydrogen) atoms. The van der Waals surface area contributed by atoms with E-state index in [1.54, 1.807) is 18.2 Å². The monoisotopic (exact) mass is 759 g/mol. The molecule has 5 N–H and O–H groups in total. The minimum Gasteiger partial charge on any atom is -0.486 e. The van der Waals surface area contributed by atoms with Crippen LogP contribution in [0.5, 0.6) is 5.75 Å². The molecule has 6 atom stereocenters. The summed E-state index contributed by atoms with van der Waals surface area (Å²) in [7, 11) is -4.72. The van der Waals surface area contributed by atoms with Gasteiger partial charge in [0.05, 0.1) is 25.5 Å². The van der Waals surface area contributed by atoms with E-state index in [0.717, 1.165) is 19.3 Å². The van der Waals surface area contributed by atoms with Crippen LogP contribution in [0.15, 0.2) is 48.8 Å². The number of rotatable bonds is 27. The number of nitrogens with two attached hydrogens (primary N) is 1. The van der Waals surface area contributed by atoms with Crippen LogP contribution in [0.4, 0.5) is 5.82 Å². The van der Waals surface area contributed by atoms with Gasteiger partial charge < -0.3 is 35.1 Å². The normalized spacial score (nSPS) is 21.8. The highest BCUT2D eigenvalue weighted by atomic mass is 31.2. The Morgan fingerprint density at radius 2 is 1.55 bits per heavy atom. The lowest BCUT2D eigenvalue weighted by Crippen LogP contribution is -2.41. The molecule has 14 nitrogen and oxygen atoms in total. The van der Waals surface area contributed by atoms with Gasteiger partial charge in [-0.25, -0.2) is 14.1 Å². The molecule has 1 aliphatic rings. The summed E-state index contributed by atoms with van der Waals surface area (Å²) in [4.78, 5) is 14.4. The minimum absolute atomic E-state index is 0.0897. The SMILES string of the molecule is CCCCCCCCCCCCCCCCCOC[C@@H](COP(=O)(O)OC[C@H]1O[C@@](C#N)(c2ccc3c(N)ncnn23)[C@H](O)[C@@H]1O)Oc1ccccc1. The van der Waals surface area contributed by atoms with Crippen molar-refractivity contribution in [3.05, 3.63) is 54.5 Å². The molecule has 3 heterocycles. The number of nitriles is 1. The molecule has 1 unspecified atom stereocenters. The van der Waals surface area contributed by atoms with Gasteiger partial charge in [-0.1, -0.05) is 115 Å². The molecule has 0 bridgehead atoms. The molecule has 15 heteroatoms. The topological polar surface area (TPSA) is 204 Å². The molecular formula is C38H58N5O9P. The van der Waals surface area contributed by atoms with E-state index in [1.807, 2.05) is 24.3 Å². The molecule has 3 aromatic rings. The van der Waals surface area contributed by atoms with Gasteiger partial charge in [0.15, 0.2) is 5.82 Å². The van der Waals surface area contributed by atoms with Crippen molar-refractivity contribution in [2.75, 3.05) is 32.2 Å². The molecule has 1 aromatic carbocycles. The summed E-state index contributed by atoms with van der Waals surface area (Å²) in [6.07, 6.45) is 14.8. The zero-order chi connectivity index (χ0) is 37.9. The lowest BCUT2D eigenvalue weighted by molar-refractivity contribution is -0.0651. The number of phosphoric ester groups is 1. The van der Waals surface area contributed by atoms with Crippen LogP contribution in [-0.4, -0.2) is 80.5 Å². The van der Waals surface area contributed by atoms with Gasteiger partial charge in [0.25, 0.3) is 0 Å². The Hall–Kier alpha value is -3.12. The summed E-state index contributed by atoms with van der Waals surface area (Å²) in [6, 6.07) is 13.9. The first-order valence-corrected chi connectivity index (χ1v) is 20.7. The zero-order valence-corrected chi connectivity index (χ0v) is 31.9. The van der Waals surface area contributed by atoms with Crippen LogP contribution in [0.1, 0.15) is 109 Å². The number of nitrogens with zero attached hydrogens (tertiary/aromatic N) is 4. The Morgan fingerprint density at radius 1 is 0.925 bits per heavy atom. The number of benzene rings is 1. The number of aromatic nitrogens is 3. The van der Waals surface area contributed by atoms with Gasteiger partial charge in [-0.15, -0.1) is 0 Å². The van der Waals surface area contributed by atoms with E-state index in [4.69, 9.17) is 29.0 Å². The average Bonchev–Trinajstić information content (AvgIpc) is 3.71. The van der Waals surface area contributed by atoms with Gasteiger partial charge in [0.2, 0.25) is 5.60 Å². The van der Waals surface area contributed by atoms with E-state index in [2.05, 4.69) is 17.0 Å². The maximum absolute atomic E-state index is 12.9. The number of unbranched alkanes of at least 4 members (excludes halogenated alkanes) is 14. The number of nitrogen functional groups attached to an aromatic ring is 1. The van der Waals surface area contributed by atoms with E-state index in [-0.39, 0.29) is 24.7 Å². The Balaban J connectivity index is 1.16. The van der Waals surface area contributed by atoms with E-state index in [0.29, 0.717) is 17.9 Å². The predicted octanol–water partition coefficient (Wildman–Crippen LogP) is 6.62. The third-order valence-electron chi connectivity index (χ3n) is 9.55. The number of para-hydroxylation sites is 1. The molecular weight excluding hydrogens is 701 g/mol. The summed E-state index contributed by atoms with van der Waals surface area (Å²) >= 11 is 0. The van der Waals surface area contributed by atoms with E-state index >= 15 is 0 Å². The molecule has 0 spiro atoms. The Labute approximate surface area is 313 Å². The lowest BCUT2D eigenvalue weighted by atomic mass is 9.92. The molecule has 0 saturated carbocycles. The van der Waals surface area contributed by atoms with Crippen LogP contribution in [0.25, 0.3) is 5.52 Å². The second-order valence-corrected chi connectivity index (χ2v) is 15.2. The predicted molar refractivity (Wildman–Crippen MR) is 200 cm³/mol. The number of hydrogen-bond acceptors (Lipinski definition) is 12. The van der Waals surface area contributed by atoms with Gasteiger partial charge in [0.1, 0.15) is 48.1 Å². The van der Waals surface area contributed by atoms with Crippen molar-refractivity contribution < 1.29 is 42.9 Å². The number of ether oxygens (including phenoxy) is 3. The molecule has 4 rings (SSSR count). The van der Waals surface area contributed by atoms with Crippen molar-refractivity contribution in [1.29, 1.82) is 5.26 Å². The van der Waals surface area contributed by atoms with Crippen molar-refractivity contribution in [3.63, 3.8) is 0 Å². The third-order valence-corrected chi connectivity index (χ3v) is 10.5. The van der Waals surface area contributed by atoms with E-state index in [1.165, 1.54) is 94.0 Å².